The van der Waals surface area contributed by atoms with Crippen molar-refractivity contribution >= 4 is 5.91 Å². The first-order valence-corrected chi connectivity index (χ1v) is 7.94. The number of piperidine rings is 1. The number of carbonyl (C=O) groups is 1. The Balaban J connectivity index is 1.66. The smallest absolute Gasteiger partial charge is 0.236 e. The van der Waals surface area contributed by atoms with Gasteiger partial charge in [-0.05, 0) is 55.7 Å². The van der Waals surface area contributed by atoms with Gasteiger partial charge < -0.3 is 15.4 Å². The molecule has 2 N–H and O–H groups in total. The molecule has 1 fully saturated rings. The Morgan fingerprint density at radius 3 is 3.10 bits per heavy atom. The number of likely N-dealkylation sites (N-methyl/N-ethyl adjacent to an activating group) is 1. The van der Waals surface area contributed by atoms with Crippen molar-refractivity contribution in [3.8, 4) is 5.75 Å². The Bertz CT molecular complexity index is 503. The minimum Gasteiger partial charge on any atom is -0.493 e. The van der Waals surface area contributed by atoms with Crippen LogP contribution in [0.15, 0.2) is 24.3 Å². The first-order valence-electron chi connectivity index (χ1n) is 7.94. The standard InChI is InChI=1S/C17H24N2O2/c1-18-17(20)15-11-12(6-8-19-15)10-13-7-9-21-16-5-3-2-4-14(13)16/h2-5,12-13,15,19H,6-11H2,1H3,(H,18,20). The van der Waals surface area contributed by atoms with Crippen LogP contribution in [0.5, 0.6) is 5.75 Å². The van der Waals surface area contributed by atoms with E-state index < -0.39 is 0 Å². The van der Waals surface area contributed by atoms with Gasteiger partial charge in [-0.25, -0.2) is 0 Å². The summed E-state index contributed by atoms with van der Waals surface area (Å²) in [6.07, 6.45) is 4.35. The van der Waals surface area contributed by atoms with E-state index in [1.165, 1.54) is 5.56 Å². The molecule has 3 unspecified atom stereocenters. The van der Waals surface area contributed by atoms with Gasteiger partial charge >= 0.3 is 0 Å². The monoisotopic (exact) mass is 288 g/mol. The summed E-state index contributed by atoms with van der Waals surface area (Å²) in [4.78, 5) is 11.8. The van der Waals surface area contributed by atoms with Crippen LogP contribution >= 0.6 is 0 Å². The molecular weight excluding hydrogens is 264 g/mol. The van der Waals surface area contributed by atoms with Gasteiger partial charge in [-0.2, -0.15) is 0 Å². The summed E-state index contributed by atoms with van der Waals surface area (Å²) in [7, 11) is 1.71. The fraction of sp³-hybridized carbons (Fsp3) is 0.588. The Kier molecular flexibility index (Phi) is 4.44. The van der Waals surface area contributed by atoms with Crippen molar-refractivity contribution in [3.63, 3.8) is 0 Å². The molecule has 4 nitrogen and oxygen atoms in total. The number of ether oxygens (including phenoxy) is 1. The Morgan fingerprint density at radius 1 is 1.38 bits per heavy atom. The summed E-state index contributed by atoms with van der Waals surface area (Å²) in [5.74, 6) is 2.35. The van der Waals surface area contributed by atoms with E-state index in [-0.39, 0.29) is 11.9 Å². The molecule has 21 heavy (non-hydrogen) atoms. The maximum Gasteiger partial charge on any atom is 0.236 e. The Morgan fingerprint density at radius 2 is 2.24 bits per heavy atom. The van der Waals surface area contributed by atoms with E-state index in [4.69, 9.17) is 4.74 Å². The van der Waals surface area contributed by atoms with Gasteiger partial charge in [-0.3, -0.25) is 4.79 Å². The molecule has 4 heteroatoms. The lowest BCUT2D eigenvalue weighted by Crippen LogP contribution is -2.48. The second-order valence-electron chi connectivity index (χ2n) is 6.12. The van der Waals surface area contributed by atoms with Crippen LogP contribution in [0.2, 0.25) is 0 Å². The second-order valence-corrected chi connectivity index (χ2v) is 6.12. The van der Waals surface area contributed by atoms with E-state index in [0.717, 1.165) is 44.6 Å². The number of hydrogen-bond acceptors (Lipinski definition) is 3. The van der Waals surface area contributed by atoms with Crippen LogP contribution in [0.1, 0.15) is 37.2 Å². The summed E-state index contributed by atoms with van der Waals surface area (Å²) >= 11 is 0. The minimum atomic E-state index is -0.0242. The topological polar surface area (TPSA) is 50.4 Å². The molecule has 0 radical (unpaired) electrons. The van der Waals surface area contributed by atoms with Crippen molar-refractivity contribution in [1.29, 1.82) is 0 Å². The van der Waals surface area contributed by atoms with E-state index in [1.54, 1.807) is 7.05 Å². The summed E-state index contributed by atoms with van der Waals surface area (Å²) < 4.78 is 5.74. The van der Waals surface area contributed by atoms with Gasteiger partial charge in [-0.15, -0.1) is 0 Å². The van der Waals surface area contributed by atoms with Crippen LogP contribution in [0, 0.1) is 5.92 Å². The molecule has 2 heterocycles. The largest absolute Gasteiger partial charge is 0.493 e. The van der Waals surface area contributed by atoms with E-state index >= 15 is 0 Å². The average molecular weight is 288 g/mol. The molecule has 0 spiro atoms. The predicted molar refractivity (Wildman–Crippen MR) is 82.5 cm³/mol. The SMILES string of the molecule is CNC(=O)C1CC(CC2CCOc3ccccc32)CCN1. The highest BCUT2D eigenvalue weighted by Gasteiger charge is 2.30. The van der Waals surface area contributed by atoms with Gasteiger partial charge in [0.15, 0.2) is 0 Å². The van der Waals surface area contributed by atoms with Crippen LogP contribution in [-0.2, 0) is 4.79 Å². The number of rotatable bonds is 3. The zero-order chi connectivity index (χ0) is 14.7. The number of carbonyl (C=O) groups excluding carboxylic acids is 1. The van der Waals surface area contributed by atoms with Crippen LogP contribution in [0.3, 0.4) is 0 Å². The molecule has 1 aromatic rings. The fourth-order valence-corrected chi connectivity index (χ4v) is 3.65. The van der Waals surface area contributed by atoms with Gasteiger partial charge in [0.05, 0.1) is 12.6 Å². The number of amides is 1. The fourth-order valence-electron chi connectivity index (χ4n) is 3.65. The summed E-state index contributed by atoms with van der Waals surface area (Å²) in [6.45, 7) is 1.75. The third kappa shape index (κ3) is 3.21. The lowest BCUT2D eigenvalue weighted by atomic mass is 9.80. The zero-order valence-corrected chi connectivity index (χ0v) is 12.6. The molecule has 3 rings (SSSR count). The molecule has 1 saturated heterocycles. The quantitative estimate of drug-likeness (QED) is 0.895. The molecule has 3 atom stereocenters. The van der Waals surface area contributed by atoms with E-state index in [2.05, 4.69) is 28.8 Å². The molecule has 1 amide bonds. The van der Waals surface area contributed by atoms with Gasteiger partial charge in [0.2, 0.25) is 5.91 Å². The maximum atomic E-state index is 11.8. The minimum absolute atomic E-state index is 0.0242. The number of fused-ring (bicyclic) bond motifs is 1. The van der Waals surface area contributed by atoms with E-state index in [0.29, 0.717) is 11.8 Å². The van der Waals surface area contributed by atoms with Crippen molar-refractivity contribution in [2.45, 2.75) is 37.6 Å². The molecule has 0 saturated carbocycles. The average Bonchev–Trinajstić information content (AvgIpc) is 2.55. The Labute approximate surface area is 126 Å². The third-order valence-corrected chi connectivity index (χ3v) is 4.78. The molecule has 2 aliphatic heterocycles. The molecule has 0 aromatic heterocycles. The number of benzene rings is 1. The first kappa shape index (κ1) is 14.4. The molecule has 0 bridgehead atoms. The lowest BCUT2D eigenvalue weighted by Gasteiger charge is -2.33. The van der Waals surface area contributed by atoms with E-state index in [1.807, 2.05) is 6.07 Å². The van der Waals surface area contributed by atoms with Crippen LogP contribution in [0.4, 0.5) is 0 Å². The van der Waals surface area contributed by atoms with Gasteiger partial charge in [-0.1, -0.05) is 18.2 Å². The highest BCUT2D eigenvalue weighted by molar-refractivity contribution is 5.81. The number of para-hydroxylation sites is 1. The molecule has 114 valence electrons. The molecule has 1 aromatic carbocycles. The lowest BCUT2D eigenvalue weighted by molar-refractivity contribution is -0.123. The van der Waals surface area contributed by atoms with Crippen molar-refractivity contribution < 1.29 is 9.53 Å². The normalized spacial score (nSPS) is 28.3. The van der Waals surface area contributed by atoms with Crippen LogP contribution in [-0.4, -0.2) is 32.1 Å². The molecule has 2 aliphatic rings. The van der Waals surface area contributed by atoms with Gasteiger partial charge in [0, 0.05) is 7.05 Å². The zero-order valence-electron chi connectivity index (χ0n) is 12.6. The third-order valence-electron chi connectivity index (χ3n) is 4.78. The molecular formula is C17H24N2O2. The van der Waals surface area contributed by atoms with E-state index in [9.17, 15) is 4.79 Å². The van der Waals surface area contributed by atoms with Crippen molar-refractivity contribution in [3.05, 3.63) is 29.8 Å². The van der Waals surface area contributed by atoms with Crippen LogP contribution < -0.4 is 15.4 Å². The predicted octanol–water partition coefficient (Wildman–Crippen LogP) is 2.06. The molecule has 0 aliphatic carbocycles. The highest BCUT2D eigenvalue weighted by atomic mass is 16.5. The highest BCUT2D eigenvalue weighted by Crippen LogP contribution is 2.39. The summed E-state index contributed by atoms with van der Waals surface area (Å²) in [5, 5.41) is 6.07. The maximum absolute atomic E-state index is 11.8. The number of hydrogen-bond donors (Lipinski definition) is 2. The van der Waals surface area contributed by atoms with Crippen molar-refractivity contribution in [1.82, 2.24) is 10.6 Å². The first-order chi connectivity index (χ1) is 10.3. The van der Waals surface area contributed by atoms with Gasteiger partial charge in [0.25, 0.3) is 0 Å². The Hall–Kier alpha value is -1.55. The van der Waals surface area contributed by atoms with Crippen molar-refractivity contribution in [2.75, 3.05) is 20.2 Å². The van der Waals surface area contributed by atoms with Crippen molar-refractivity contribution in [2.24, 2.45) is 5.92 Å². The van der Waals surface area contributed by atoms with Crippen LogP contribution in [0.25, 0.3) is 0 Å². The summed E-state index contributed by atoms with van der Waals surface area (Å²) in [5.41, 5.74) is 1.35. The second kappa shape index (κ2) is 6.48. The number of nitrogens with one attached hydrogen (secondary N) is 2. The summed E-state index contributed by atoms with van der Waals surface area (Å²) in [6, 6.07) is 8.36. The van der Waals surface area contributed by atoms with Gasteiger partial charge in [0.1, 0.15) is 5.75 Å².